The van der Waals surface area contributed by atoms with E-state index >= 15 is 0 Å². The predicted molar refractivity (Wildman–Crippen MR) is 131 cm³/mol. The van der Waals surface area contributed by atoms with Gasteiger partial charge in [-0.2, -0.15) is 0 Å². The van der Waals surface area contributed by atoms with E-state index in [-0.39, 0.29) is 5.16 Å². The molecule has 30 heavy (non-hydrogen) atoms. The Morgan fingerprint density at radius 1 is 0.633 bits per heavy atom. The van der Waals surface area contributed by atoms with E-state index in [4.69, 9.17) is 5.11 Å². The van der Waals surface area contributed by atoms with Gasteiger partial charge in [0.1, 0.15) is 5.75 Å². The molecule has 0 fully saturated rings. The quantitative estimate of drug-likeness (QED) is 0.339. The molecule has 2 atom stereocenters. The molecule has 0 saturated carbocycles. The molecule has 4 aromatic carbocycles. The molecule has 0 aliphatic rings. The number of phenols is 1. The van der Waals surface area contributed by atoms with Crippen LogP contribution < -0.4 is 0 Å². The molecular weight excluding hydrogens is 383 g/mol. The van der Waals surface area contributed by atoms with Crippen LogP contribution in [0.25, 0.3) is 0 Å². The Kier molecular flexibility index (Phi) is 7.82. The van der Waals surface area contributed by atoms with Crippen LogP contribution in [0.1, 0.15) is 36.0 Å². The Bertz CT molecular complexity index is 946. The third-order valence-corrected chi connectivity index (χ3v) is 6.49. The third kappa shape index (κ3) is 5.17. The number of phenolic OH excluding ortho intramolecular Hbond substituents is 1. The zero-order valence-electron chi connectivity index (χ0n) is 17.4. The maximum Gasteiger partial charge on any atom is 0.115 e. The standard InChI is InChI=1S/C22H23P.C6H6O/c1-2-21(18-12-6-3-7-13-18)22(23,19-14-8-4-9-15-19)20-16-10-5-11-17-20;7-6-4-2-1-3-5-6/h3-17,21H,2,23H2,1H3;1-5,7H. The van der Waals surface area contributed by atoms with Crippen LogP contribution in [0.15, 0.2) is 121 Å². The number of rotatable bonds is 5. The minimum absolute atomic E-state index is 0.126. The Hall–Kier alpha value is -2.89. The van der Waals surface area contributed by atoms with Gasteiger partial charge in [-0.3, -0.25) is 0 Å². The van der Waals surface area contributed by atoms with Crippen molar-refractivity contribution in [2.45, 2.75) is 24.4 Å². The molecule has 1 N–H and O–H groups in total. The van der Waals surface area contributed by atoms with Gasteiger partial charge in [0.2, 0.25) is 0 Å². The molecule has 0 amide bonds. The van der Waals surface area contributed by atoms with Gasteiger partial charge in [-0.1, -0.05) is 116 Å². The normalized spacial score (nSPS) is 11.8. The van der Waals surface area contributed by atoms with Crippen molar-refractivity contribution < 1.29 is 5.11 Å². The number of benzene rings is 4. The summed E-state index contributed by atoms with van der Waals surface area (Å²) in [6, 6.07) is 41.2. The molecule has 2 unspecified atom stereocenters. The monoisotopic (exact) mass is 412 g/mol. The number of para-hydroxylation sites is 1. The molecule has 1 nitrogen and oxygen atoms in total. The van der Waals surface area contributed by atoms with Gasteiger partial charge in [-0.15, -0.1) is 9.24 Å². The summed E-state index contributed by atoms with van der Waals surface area (Å²) in [5, 5.41) is 8.51. The van der Waals surface area contributed by atoms with Crippen molar-refractivity contribution >= 4 is 9.24 Å². The first kappa shape index (κ1) is 21.8. The first-order valence-electron chi connectivity index (χ1n) is 10.3. The lowest BCUT2D eigenvalue weighted by Crippen LogP contribution is -2.28. The van der Waals surface area contributed by atoms with Crippen LogP contribution >= 0.6 is 9.24 Å². The topological polar surface area (TPSA) is 20.2 Å². The summed E-state index contributed by atoms with van der Waals surface area (Å²) in [7, 11) is 3.18. The summed E-state index contributed by atoms with van der Waals surface area (Å²) in [6.07, 6.45) is 1.08. The van der Waals surface area contributed by atoms with Crippen molar-refractivity contribution in [3.63, 3.8) is 0 Å². The number of aromatic hydroxyl groups is 1. The average molecular weight is 413 g/mol. The highest BCUT2D eigenvalue weighted by Crippen LogP contribution is 2.51. The van der Waals surface area contributed by atoms with E-state index in [0.717, 1.165) is 6.42 Å². The molecule has 2 heteroatoms. The van der Waals surface area contributed by atoms with Gasteiger partial charge in [0.15, 0.2) is 0 Å². The molecule has 0 bridgehead atoms. The fraction of sp³-hybridized carbons (Fsp3) is 0.143. The molecule has 152 valence electrons. The molecule has 0 heterocycles. The number of hydrogen-bond acceptors (Lipinski definition) is 1. The summed E-state index contributed by atoms with van der Waals surface area (Å²) in [5.74, 6) is 0.723. The van der Waals surface area contributed by atoms with Gasteiger partial charge in [0, 0.05) is 11.1 Å². The van der Waals surface area contributed by atoms with E-state index < -0.39 is 0 Å². The van der Waals surface area contributed by atoms with Crippen molar-refractivity contribution in [2.75, 3.05) is 0 Å². The zero-order valence-corrected chi connectivity index (χ0v) is 18.5. The lowest BCUT2D eigenvalue weighted by Gasteiger charge is -2.39. The SMILES string of the molecule is CCC(c1ccccc1)C(P)(c1ccccc1)c1ccccc1.Oc1ccccc1. The Balaban J connectivity index is 0.000000310. The lowest BCUT2D eigenvalue weighted by molar-refractivity contribution is 0.475. The predicted octanol–water partition coefficient (Wildman–Crippen LogP) is 7.39. The first-order chi connectivity index (χ1) is 14.7. The third-order valence-electron chi connectivity index (χ3n) is 5.42. The van der Waals surface area contributed by atoms with E-state index in [1.165, 1.54) is 16.7 Å². The van der Waals surface area contributed by atoms with Gasteiger partial charge < -0.3 is 5.11 Å². The van der Waals surface area contributed by atoms with E-state index in [1.807, 2.05) is 6.07 Å². The molecule has 0 radical (unpaired) electrons. The van der Waals surface area contributed by atoms with Crippen LogP contribution in [0.5, 0.6) is 5.75 Å². The summed E-state index contributed by atoms with van der Waals surface area (Å²) in [4.78, 5) is 0. The molecule has 4 aromatic rings. The second-order valence-corrected chi connectivity index (χ2v) is 8.22. The number of hydrogen-bond donors (Lipinski definition) is 1. The highest BCUT2D eigenvalue weighted by Gasteiger charge is 2.37. The van der Waals surface area contributed by atoms with E-state index in [1.54, 1.807) is 24.3 Å². The molecular formula is C28H29OP. The molecule has 0 aliphatic carbocycles. The summed E-state index contributed by atoms with van der Waals surface area (Å²) >= 11 is 0. The lowest BCUT2D eigenvalue weighted by atomic mass is 9.75. The van der Waals surface area contributed by atoms with Crippen molar-refractivity contribution in [1.82, 2.24) is 0 Å². The average Bonchev–Trinajstić information content (AvgIpc) is 2.82. The smallest absolute Gasteiger partial charge is 0.115 e. The largest absolute Gasteiger partial charge is 0.508 e. The fourth-order valence-corrected chi connectivity index (χ4v) is 4.74. The van der Waals surface area contributed by atoms with Gasteiger partial charge in [0.05, 0.1) is 0 Å². The molecule has 0 saturated heterocycles. The Morgan fingerprint density at radius 2 is 1.00 bits per heavy atom. The van der Waals surface area contributed by atoms with Crippen LogP contribution in [0, 0.1) is 0 Å². The second kappa shape index (κ2) is 10.8. The summed E-state index contributed by atoms with van der Waals surface area (Å²) in [5.41, 5.74) is 4.07. The van der Waals surface area contributed by atoms with Crippen LogP contribution in [-0.2, 0) is 5.16 Å². The van der Waals surface area contributed by atoms with Crippen LogP contribution in [-0.4, -0.2) is 5.11 Å². The highest BCUT2D eigenvalue weighted by atomic mass is 31.0. The van der Waals surface area contributed by atoms with Crippen molar-refractivity contribution in [3.8, 4) is 5.75 Å². The Morgan fingerprint density at radius 3 is 1.33 bits per heavy atom. The van der Waals surface area contributed by atoms with Crippen LogP contribution in [0.3, 0.4) is 0 Å². The highest BCUT2D eigenvalue weighted by molar-refractivity contribution is 7.19. The maximum absolute atomic E-state index is 8.63. The summed E-state index contributed by atoms with van der Waals surface area (Å²) < 4.78 is 0. The van der Waals surface area contributed by atoms with Crippen LogP contribution in [0.4, 0.5) is 0 Å². The van der Waals surface area contributed by atoms with Gasteiger partial charge in [-0.25, -0.2) is 0 Å². The van der Waals surface area contributed by atoms with E-state index in [2.05, 4.69) is 107 Å². The van der Waals surface area contributed by atoms with Gasteiger partial charge in [-0.05, 0) is 35.2 Å². The summed E-state index contributed by atoms with van der Waals surface area (Å²) in [6.45, 7) is 2.28. The van der Waals surface area contributed by atoms with Crippen molar-refractivity contribution in [1.29, 1.82) is 0 Å². The van der Waals surface area contributed by atoms with Gasteiger partial charge >= 0.3 is 0 Å². The van der Waals surface area contributed by atoms with E-state index in [0.29, 0.717) is 11.7 Å². The van der Waals surface area contributed by atoms with Crippen molar-refractivity contribution in [2.24, 2.45) is 0 Å². The van der Waals surface area contributed by atoms with Gasteiger partial charge in [0.25, 0.3) is 0 Å². The van der Waals surface area contributed by atoms with Crippen LogP contribution in [0.2, 0.25) is 0 Å². The minimum atomic E-state index is -0.126. The molecule has 0 aliphatic heterocycles. The maximum atomic E-state index is 8.63. The second-order valence-electron chi connectivity index (χ2n) is 7.31. The Labute approximate surface area is 182 Å². The fourth-order valence-electron chi connectivity index (χ4n) is 3.93. The molecule has 0 spiro atoms. The zero-order chi connectivity index (χ0) is 21.2. The molecule has 0 aromatic heterocycles. The van der Waals surface area contributed by atoms with Crippen molar-refractivity contribution in [3.05, 3.63) is 138 Å². The van der Waals surface area contributed by atoms with E-state index in [9.17, 15) is 0 Å². The first-order valence-corrected chi connectivity index (χ1v) is 10.9. The molecule has 4 rings (SSSR count). The minimum Gasteiger partial charge on any atom is -0.508 e.